The van der Waals surface area contributed by atoms with Gasteiger partial charge in [-0.05, 0) is 30.3 Å². The first-order valence-corrected chi connectivity index (χ1v) is 9.21. The minimum Gasteiger partial charge on any atom is -0.496 e. The summed E-state index contributed by atoms with van der Waals surface area (Å²) in [6, 6.07) is 20.4. The summed E-state index contributed by atoms with van der Waals surface area (Å²) >= 11 is 6.00. The van der Waals surface area contributed by atoms with Gasteiger partial charge < -0.3 is 15.8 Å². The number of amides is 1. The van der Waals surface area contributed by atoms with Crippen molar-refractivity contribution in [3.63, 3.8) is 0 Å². The lowest BCUT2D eigenvalue weighted by Gasteiger charge is -2.13. The minimum atomic E-state index is -0.570. The van der Waals surface area contributed by atoms with Gasteiger partial charge in [0.2, 0.25) is 0 Å². The average molecular weight is 405 g/mol. The lowest BCUT2D eigenvalue weighted by Crippen LogP contribution is -2.13. The largest absolute Gasteiger partial charge is 0.496 e. The molecule has 0 unspecified atom stereocenters. The summed E-state index contributed by atoms with van der Waals surface area (Å²) in [7, 11) is 1.49. The van der Waals surface area contributed by atoms with Crippen LogP contribution in [0.2, 0.25) is 5.02 Å². The SMILES string of the molecule is COc1ccc(Nc2nnc(-c3ccc(Cl)cc3)c3ccccc23)cc1C(N)=O. The third-order valence-corrected chi connectivity index (χ3v) is 4.78. The molecule has 0 saturated heterocycles. The zero-order chi connectivity index (χ0) is 20.4. The highest BCUT2D eigenvalue weighted by molar-refractivity contribution is 6.30. The summed E-state index contributed by atoms with van der Waals surface area (Å²) in [5, 5.41) is 14.5. The molecule has 1 amide bonds. The zero-order valence-corrected chi connectivity index (χ0v) is 16.3. The van der Waals surface area contributed by atoms with Gasteiger partial charge in [-0.15, -0.1) is 10.2 Å². The number of carbonyl (C=O) groups excluding carboxylic acids is 1. The van der Waals surface area contributed by atoms with Crippen molar-refractivity contribution in [2.45, 2.75) is 0 Å². The summed E-state index contributed by atoms with van der Waals surface area (Å²) < 4.78 is 5.19. The predicted octanol–water partition coefficient (Wildman–Crippen LogP) is 4.80. The van der Waals surface area contributed by atoms with Crippen LogP contribution in [-0.2, 0) is 0 Å². The van der Waals surface area contributed by atoms with E-state index in [4.69, 9.17) is 22.1 Å². The van der Waals surface area contributed by atoms with Crippen LogP contribution in [0.25, 0.3) is 22.0 Å². The Balaban J connectivity index is 1.78. The first kappa shape index (κ1) is 18.7. The van der Waals surface area contributed by atoms with Crippen molar-refractivity contribution in [2.24, 2.45) is 5.73 Å². The van der Waals surface area contributed by atoms with Gasteiger partial charge in [0.1, 0.15) is 11.4 Å². The Bertz CT molecular complexity index is 1210. The highest BCUT2D eigenvalue weighted by atomic mass is 35.5. The molecule has 4 aromatic rings. The molecule has 0 atom stereocenters. The van der Waals surface area contributed by atoms with Crippen molar-refractivity contribution in [3.8, 4) is 17.0 Å². The number of nitrogens with zero attached hydrogens (tertiary/aromatic N) is 2. The van der Waals surface area contributed by atoms with E-state index in [0.29, 0.717) is 22.3 Å². The maximum Gasteiger partial charge on any atom is 0.252 e. The van der Waals surface area contributed by atoms with Crippen LogP contribution in [0.5, 0.6) is 5.75 Å². The normalized spacial score (nSPS) is 10.7. The molecule has 0 bridgehead atoms. The molecule has 0 aliphatic rings. The van der Waals surface area contributed by atoms with Crippen molar-refractivity contribution >= 4 is 39.8 Å². The van der Waals surface area contributed by atoms with Crippen molar-refractivity contribution in [3.05, 3.63) is 77.3 Å². The summed E-state index contributed by atoms with van der Waals surface area (Å²) in [4.78, 5) is 11.7. The van der Waals surface area contributed by atoms with Gasteiger partial charge in [0, 0.05) is 27.0 Å². The number of rotatable bonds is 5. The maximum atomic E-state index is 11.7. The number of aromatic nitrogens is 2. The van der Waals surface area contributed by atoms with Crippen LogP contribution in [0.3, 0.4) is 0 Å². The topological polar surface area (TPSA) is 90.1 Å². The molecule has 0 saturated carbocycles. The zero-order valence-electron chi connectivity index (χ0n) is 15.5. The molecular weight excluding hydrogens is 388 g/mol. The number of carbonyl (C=O) groups is 1. The number of benzene rings is 3. The Labute approximate surface area is 172 Å². The standard InChI is InChI=1S/C22H17ClN4O2/c1-29-19-11-10-15(12-18(19)21(24)28)25-22-17-5-3-2-4-16(17)20(26-27-22)13-6-8-14(23)9-7-13/h2-12H,1H3,(H2,24,28)(H,25,27). The second-order valence-corrected chi connectivity index (χ2v) is 6.79. The van der Waals surface area contributed by atoms with Crippen LogP contribution in [0.15, 0.2) is 66.7 Å². The summed E-state index contributed by atoms with van der Waals surface area (Å²) in [6.07, 6.45) is 0. The smallest absolute Gasteiger partial charge is 0.252 e. The number of nitrogens with two attached hydrogens (primary N) is 1. The van der Waals surface area contributed by atoms with E-state index in [1.807, 2.05) is 48.5 Å². The van der Waals surface area contributed by atoms with Gasteiger partial charge in [0.15, 0.2) is 5.82 Å². The second-order valence-electron chi connectivity index (χ2n) is 6.35. The Kier molecular flexibility index (Phi) is 5.01. The van der Waals surface area contributed by atoms with E-state index >= 15 is 0 Å². The fourth-order valence-electron chi connectivity index (χ4n) is 3.13. The Morgan fingerprint density at radius 1 is 1.00 bits per heavy atom. The molecule has 7 heteroatoms. The summed E-state index contributed by atoms with van der Waals surface area (Å²) in [6.45, 7) is 0. The molecule has 6 nitrogen and oxygen atoms in total. The molecule has 0 aliphatic heterocycles. The van der Waals surface area contributed by atoms with Crippen LogP contribution in [-0.4, -0.2) is 23.2 Å². The van der Waals surface area contributed by atoms with Gasteiger partial charge in [-0.1, -0.05) is 48.0 Å². The quantitative estimate of drug-likeness (QED) is 0.498. The van der Waals surface area contributed by atoms with Crippen molar-refractivity contribution in [1.82, 2.24) is 10.2 Å². The van der Waals surface area contributed by atoms with Gasteiger partial charge in [0.05, 0.1) is 12.7 Å². The number of ether oxygens (including phenoxy) is 1. The molecule has 0 aliphatic carbocycles. The number of primary amides is 1. The minimum absolute atomic E-state index is 0.285. The second kappa shape index (κ2) is 7.77. The molecule has 1 heterocycles. The highest BCUT2D eigenvalue weighted by Crippen LogP contribution is 2.32. The molecule has 3 aromatic carbocycles. The van der Waals surface area contributed by atoms with Gasteiger partial charge >= 0.3 is 0 Å². The number of halogens is 1. The molecule has 0 radical (unpaired) electrons. The predicted molar refractivity (Wildman–Crippen MR) is 115 cm³/mol. The molecule has 0 fully saturated rings. The monoisotopic (exact) mass is 404 g/mol. The Hall–Kier alpha value is -3.64. The highest BCUT2D eigenvalue weighted by Gasteiger charge is 2.13. The Morgan fingerprint density at radius 3 is 2.41 bits per heavy atom. The first-order valence-electron chi connectivity index (χ1n) is 8.83. The fraction of sp³-hybridized carbons (Fsp3) is 0.0455. The summed E-state index contributed by atoms with van der Waals surface area (Å²) in [5.41, 5.74) is 8.07. The molecule has 4 rings (SSSR count). The van der Waals surface area contributed by atoms with E-state index in [0.717, 1.165) is 22.0 Å². The van der Waals surface area contributed by atoms with E-state index in [9.17, 15) is 4.79 Å². The molecule has 144 valence electrons. The Morgan fingerprint density at radius 2 is 1.72 bits per heavy atom. The molecule has 1 aromatic heterocycles. The van der Waals surface area contributed by atoms with Gasteiger partial charge in [-0.2, -0.15) is 0 Å². The van der Waals surface area contributed by atoms with Crippen LogP contribution in [0, 0.1) is 0 Å². The molecule has 3 N–H and O–H groups in total. The van der Waals surface area contributed by atoms with E-state index < -0.39 is 5.91 Å². The number of methoxy groups -OCH3 is 1. The maximum absolute atomic E-state index is 11.7. The van der Waals surface area contributed by atoms with E-state index in [1.54, 1.807) is 18.2 Å². The van der Waals surface area contributed by atoms with E-state index in [1.165, 1.54) is 7.11 Å². The lowest BCUT2D eigenvalue weighted by atomic mass is 10.0. The van der Waals surface area contributed by atoms with Crippen LogP contribution in [0.4, 0.5) is 11.5 Å². The number of nitrogens with one attached hydrogen (secondary N) is 1. The van der Waals surface area contributed by atoms with Crippen molar-refractivity contribution < 1.29 is 9.53 Å². The third kappa shape index (κ3) is 3.70. The lowest BCUT2D eigenvalue weighted by molar-refractivity contribution is 0.0997. The van der Waals surface area contributed by atoms with Gasteiger partial charge in [-0.3, -0.25) is 4.79 Å². The van der Waals surface area contributed by atoms with Crippen molar-refractivity contribution in [2.75, 3.05) is 12.4 Å². The fourth-order valence-corrected chi connectivity index (χ4v) is 3.26. The molecule has 0 spiro atoms. The molecular formula is C22H17ClN4O2. The van der Waals surface area contributed by atoms with Gasteiger partial charge in [0.25, 0.3) is 5.91 Å². The van der Waals surface area contributed by atoms with Crippen molar-refractivity contribution in [1.29, 1.82) is 0 Å². The van der Waals surface area contributed by atoms with Crippen LogP contribution in [0.1, 0.15) is 10.4 Å². The third-order valence-electron chi connectivity index (χ3n) is 4.53. The van der Waals surface area contributed by atoms with E-state index in [2.05, 4.69) is 15.5 Å². The van der Waals surface area contributed by atoms with Gasteiger partial charge in [-0.25, -0.2) is 0 Å². The van der Waals surface area contributed by atoms with Crippen LogP contribution >= 0.6 is 11.6 Å². The van der Waals surface area contributed by atoms with Crippen LogP contribution < -0.4 is 15.8 Å². The number of hydrogen-bond donors (Lipinski definition) is 2. The summed E-state index contributed by atoms with van der Waals surface area (Å²) in [5.74, 6) is 0.413. The average Bonchev–Trinajstić information content (AvgIpc) is 2.74. The number of anilines is 2. The molecule has 29 heavy (non-hydrogen) atoms. The first-order chi connectivity index (χ1) is 14.1. The number of fused-ring (bicyclic) bond motifs is 1. The number of hydrogen-bond acceptors (Lipinski definition) is 5. The van der Waals surface area contributed by atoms with E-state index in [-0.39, 0.29) is 5.56 Å².